The number of fused-ring (bicyclic) bond motifs is 1. The summed E-state index contributed by atoms with van der Waals surface area (Å²) in [5.41, 5.74) is 2.79. The van der Waals surface area contributed by atoms with Gasteiger partial charge in [0.25, 0.3) is 5.78 Å². The summed E-state index contributed by atoms with van der Waals surface area (Å²) < 4.78 is 11.8. The van der Waals surface area contributed by atoms with E-state index in [0.29, 0.717) is 39.9 Å². The maximum Gasteiger partial charge on any atom is 0.301 e. The van der Waals surface area contributed by atoms with Gasteiger partial charge in [0, 0.05) is 5.56 Å². The molecule has 1 fully saturated rings. The Bertz CT molecular complexity index is 1510. The number of aliphatic hydroxyl groups is 1. The SMILES string of the molecule is CCOc1cccc(C2/C(=C(\O)c3ccc(C)cc3)C(=O)C(=O)N2c2nc3ccc(OC)cc3s2)c1. The zero-order valence-electron chi connectivity index (χ0n) is 20.0. The molecule has 0 spiro atoms. The Kier molecular flexibility index (Phi) is 6.20. The van der Waals surface area contributed by atoms with Gasteiger partial charge in [-0.3, -0.25) is 14.5 Å². The molecule has 0 saturated carbocycles. The van der Waals surface area contributed by atoms with Crippen LogP contribution in [-0.2, 0) is 9.59 Å². The maximum absolute atomic E-state index is 13.4. The van der Waals surface area contributed by atoms with Gasteiger partial charge >= 0.3 is 5.91 Å². The zero-order valence-corrected chi connectivity index (χ0v) is 20.8. The summed E-state index contributed by atoms with van der Waals surface area (Å²) in [6.07, 6.45) is 0. The van der Waals surface area contributed by atoms with Gasteiger partial charge in [-0.25, -0.2) is 4.98 Å². The topological polar surface area (TPSA) is 89.0 Å². The van der Waals surface area contributed by atoms with Crippen LogP contribution in [0.1, 0.15) is 29.7 Å². The Morgan fingerprint density at radius 1 is 1.06 bits per heavy atom. The highest BCUT2D eigenvalue weighted by Crippen LogP contribution is 2.45. The smallest absolute Gasteiger partial charge is 0.301 e. The lowest BCUT2D eigenvalue weighted by atomic mass is 9.95. The molecule has 1 N–H and O–H groups in total. The molecule has 1 unspecified atom stereocenters. The fraction of sp³-hybridized carbons (Fsp3) is 0.179. The number of aliphatic hydroxyl groups excluding tert-OH is 1. The van der Waals surface area contributed by atoms with Crippen molar-refractivity contribution < 1.29 is 24.2 Å². The summed E-state index contributed by atoms with van der Waals surface area (Å²) in [7, 11) is 1.58. The molecule has 8 heteroatoms. The number of ketones is 1. The third-order valence-electron chi connectivity index (χ3n) is 6.04. The molecule has 0 bridgehead atoms. The van der Waals surface area contributed by atoms with Gasteiger partial charge < -0.3 is 14.6 Å². The van der Waals surface area contributed by atoms with E-state index in [1.54, 1.807) is 37.4 Å². The summed E-state index contributed by atoms with van der Waals surface area (Å²) in [6, 6.07) is 18.9. The summed E-state index contributed by atoms with van der Waals surface area (Å²) >= 11 is 1.28. The van der Waals surface area contributed by atoms with Crippen molar-refractivity contribution in [2.75, 3.05) is 18.6 Å². The Labute approximate surface area is 212 Å². The molecule has 36 heavy (non-hydrogen) atoms. The van der Waals surface area contributed by atoms with Gasteiger partial charge in [0.1, 0.15) is 17.3 Å². The maximum atomic E-state index is 13.4. The van der Waals surface area contributed by atoms with Crippen LogP contribution in [0.5, 0.6) is 11.5 Å². The molecule has 2 heterocycles. The van der Waals surface area contributed by atoms with E-state index < -0.39 is 17.7 Å². The first-order valence-corrected chi connectivity index (χ1v) is 12.3. The number of aryl methyl sites for hydroxylation is 1. The first-order valence-electron chi connectivity index (χ1n) is 11.5. The standard InChI is InChI=1S/C28H24N2O5S/c1-4-35-20-7-5-6-18(14-20)24-23(25(31)17-10-8-16(2)9-11-17)26(32)27(33)30(24)28-29-21-13-12-19(34-3)15-22(21)36-28/h5-15,24,31H,4H2,1-3H3/b25-23+. The van der Waals surface area contributed by atoms with Crippen LogP contribution in [0.25, 0.3) is 16.0 Å². The number of amides is 1. The molecular formula is C28H24N2O5S. The van der Waals surface area contributed by atoms with Crippen molar-refractivity contribution in [1.82, 2.24) is 4.98 Å². The molecule has 0 radical (unpaired) electrons. The Balaban J connectivity index is 1.71. The predicted octanol–water partition coefficient (Wildman–Crippen LogP) is 5.64. The highest BCUT2D eigenvalue weighted by molar-refractivity contribution is 7.22. The highest BCUT2D eigenvalue weighted by Gasteiger charge is 2.48. The van der Waals surface area contributed by atoms with Crippen molar-refractivity contribution in [1.29, 1.82) is 0 Å². The fourth-order valence-corrected chi connectivity index (χ4v) is 5.30. The molecule has 7 nitrogen and oxygen atoms in total. The van der Waals surface area contributed by atoms with Crippen LogP contribution in [0, 0.1) is 6.92 Å². The first-order chi connectivity index (χ1) is 17.4. The number of benzene rings is 3. The number of rotatable bonds is 6. The number of thiazole rings is 1. The lowest BCUT2D eigenvalue weighted by Crippen LogP contribution is -2.29. The van der Waals surface area contributed by atoms with E-state index in [4.69, 9.17) is 9.47 Å². The lowest BCUT2D eigenvalue weighted by Gasteiger charge is -2.23. The highest BCUT2D eigenvalue weighted by atomic mass is 32.1. The van der Waals surface area contributed by atoms with E-state index in [0.717, 1.165) is 10.3 Å². The average molecular weight is 501 g/mol. The number of hydrogen-bond acceptors (Lipinski definition) is 7. The van der Waals surface area contributed by atoms with Crippen LogP contribution in [0.15, 0.2) is 72.3 Å². The van der Waals surface area contributed by atoms with Crippen molar-refractivity contribution in [3.05, 3.63) is 89.0 Å². The normalized spacial score (nSPS) is 17.1. The summed E-state index contributed by atoms with van der Waals surface area (Å²) in [6.45, 7) is 4.28. The quantitative estimate of drug-likeness (QED) is 0.209. The minimum atomic E-state index is -0.880. The Morgan fingerprint density at radius 2 is 1.83 bits per heavy atom. The van der Waals surface area contributed by atoms with Gasteiger partial charge in [0.05, 0.1) is 35.5 Å². The molecule has 3 aromatic carbocycles. The Morgan fingerprint density at radius 3 is 2.56 bits per heavy atom. The van der Waals surface area contributed by atoms with Crippen LogP contribution in [0.2, 0.25) is 0 Å². The van der Waals surface area contributed by atoms with E-state index in [1.807, 2.05) is 50.2 Å². The number of hydrogen-bond donors (Lipinski definition) is 1. The summed E-state index contributed by atoms with van der Waals surface area (Å²) in [5, 5.41) is 11.6. The molecule has 0 aliphatic carbocycles. The molecular weight excluding hydrogens is 476 g/mol. The van der Waals surface area contributed by atoms with Crippen LogP contribution < -0.4 is 14.4 Å². The number of ether oxygens (including phenoxy) is 2. The minimum absolute atomic E-state index is 0.00865. The van der Waals surface area contributed by atoms with Crippen molar-refractivity contribution in [2.45, 2.75) is 19.9 Å². The van der Waals surface area contributed by atoms with Gasteiger partial charge in [-0.15, -0.1) is 0 Å². The third kappa shape index (κ3) is 4.09. The molecule has 5 rings (SSSR count). The fourth-order valence-electron chi connectivity index (χ4n) is 4.28. The van der Waals surface area contributed by atoms with Crippen LogP contribution in [0.4, 0.5) is 5.13 Å². The molecule has 1 atom stereocenters. The number of aromatic nitrogens is 1. The van der Waals surface area contributed by atoms with E-state index >= 15 is 0 Å². The predicted molar refractivity (Wildman–Crippen MR) is 140 cm³/mol. The second-order valence-electron chi connectivity index (χ2n) is 8.37. The molecule has 1 aliphatic rings. The van der Waals surface area contributed by atoms with E-state index in [-0.39, 0.29) is 11.3 Å². The largest absolute Gasteiger partial charge is 0.507 e. The van der Waals surface area contributed by atoms with Crippen LogP contribution in [-0.4, -0.2) is 35.5 Å². The molecule has 182 valence electrons. The average Bonchev–Trinajstić information content (AvgIpc) is 3.42. The zero-order chi connectivity index (χ0) is 25.4. The number of carbonyl (C=O) groups excluding carboxylic acids is 2. The van der Waals surface area contributed by atoms with Crippen molar-refractivity contribution >= 4 is 44.1 Å². The van der Waals surface area contributed by atoms with Crippen molar-refractivity contribution in [3.63, 3.8) is 0 Å². The molecule has 4 aromatic rings. The monoisotopic (exact) mass is 500 g/mol. The second-order valence-corrected chi connectivity index (χ2v) is 9.38. The van der Waals surface area contributed by atoms with Gasteiger partial charge in [-0.2, -0.15) is 0 Å². The van der Waals surface area contributed by atoms with E-state index in [2.05, 4.69) is 4.98 Å². The minimum Gasteiger partial charge on any atom is -0.507 e. The third-order valence-corrected chi connectivity index (χ3v) is 7.06. The van der Waals surface area contributed by atoms with Crippen LogP contribution in [0.3, 0.4) is 0 Å². The van der Waals surface area contributed by atoms with Crippen molar-refractivity contribution in [3.8, 4) is 11.5 Å². The molecule has 1 amide bonds. The van der Waals surface area contributed by atoms with E-state index in [1.165, 1.54) is 16.2 Å². The molecule has 1 aromatic heterocycles. The number of methoxy groups -OCH3 is 1. The van der Waals surface area contributed by atoms with Gasteiger partial charge in [-0.1, -0.05) is 53.3 Å². The number of nitrogens with zero attached hydrogens (tertiary/aromatic N) is 2. The van der Waals surface area contributed by atoms with Gasteiger partial charge in [-0.05, 0) is 49.7 Å². The first kappa shape index (κ1) is 23.6. The van der Waals surface area contributed by atoms with Gasteiger partial charge in [0.15, 0.2) is 5.13 Å². The molecule has 1 aliphatic heterocycles. The van der Waals surface area contributed by atoms with E-state index in [9.17, 15) is 14.7 Å². The lowest BCUT2D eigenvalue weighted by molar-refractivity contribution is -0.132. The summed E-state index contributed by atoms with van der Waals surface area (Å²) in [4.78, 5) is 32.9. The second kappa shape index (κ2) is 9.47. The molecule has 1 saturated heterocycles. The Hall–Kier alpha value is -4.17. The van der Waals surface area contributed by atoms with Gasteiger partial charge in [0.2, 0.25) is 0 Å². The van der Waals surface area contributed by atoms with Crippen LogP contribution >= 0.6 is 11.3 Å². The van der Waals surface area contributed by atoms with Crippen molar-refractivity contribution in [2.24, 2.45) is 0 Å². The number of Topliss-reactive ketones (excluding diaryl/α,β-unsaturated/α-hetero) is 1. The number of carbonyl (C=O) groups is 2. The number of anilines is 1. The summed E-state index contributed by atoms with van der Waals surface area (Å²) in [5.74, 6) is -0.478.